The monoisotopic (exact) mass is 370 g/mol. The molecule has 130 valence electrons. The van der Waals surface area contributed by atoms with Crippen molar-refractivity contribution in [3.8, 4) is 10.6 Å². The molecule has 4 rings (SSSR count). The molecule has 0 saturated heterocycles. The molecule has 2 aromatic heterocycles. The second-order valence-corrected chi connectivity index (χ2v) is 9.05. The zero-order valence-corrected chi connectivity index (χ0v) is 16.2. The molecule has 0 unspecified atom stereocenters. The van der Waals surface area contributed by atoms with E-state index in [1.165, 1.54) is 34.4 Å². The van der Waals surface area contributed by atoms with Gasteiger partial charge in [0.25, 0.3) is 0 Å². The summed E-state index contributed by atoms with van der Waals surface area (Å²) in [4.78, 5) is 18.8. The van der Waals surface area contributed by atoms with Crippen LogP contribution in [-0.4, -0.2) is 10.9 Å². The Bertz CT molecular complexity index is 886. The van der Waals surface area contributed by atoms with Crippen molar-refractivity contribution in [3.05, 3.63) is 34.7 Å². The molecular formula is C20H22N2OS2. The first kappa shape index (κ1) is 16.7. The number of carbonyl (C=O) groups is 1. The van der Waals surface area contributed by atoms with E-state index >= 15 is 0 Å². The molecule has 0 spiro atoms. The number of anilines is 1. The van der Waals surface area contributed by atoms with Crippen molar-refractivity contribution < 1.29 is 4.79 Å². The van der Waals surface area contributed by atoms with E-state index in [2.05, 4.69) is 25.2 Å². The van der Waals surface area contributed by atoms with Gasteiger partial charge in [-0.05, 0) is 44.4 Å². The number of nitrogens with one attached hydrogen (secondary N) is 1. The molecule has 0 radical (unpaired) electrons. The Morgan fingerprint density at radius 2 is 1.88 bits per heavy atom. The van der Waals surface area contributed by atoms with Crippen LogP contribution in [-0.2, 0) is 4.79 Å². The Kier molecular flexibility index (Phi) is 4.61. The van der Waals surface area contributed by atoms with Gasteiger partial charge in [0.1, 0.15) is 10.0 Å². The molecule has 5 heteroatoms. The molecule has 1 aromatic carbocycles. The average Bonchev–Trinajstić information content (AvgIpc) is 3.16. The Balaban J connectivity index is 1.69. The molecule has 1 fully saturated rings. The first-order valence-corrected chi connectivity index (χ1v) is 10.5. The van der Waals surface area contributed by atoms with Gasteiger partial charge in [0.15, 0.2) is 0 Å². The molecule has 3 nitrogen and oxygen atoms in total. The molecule has 0 bridgehead atoms. The molecule has 3 aromatic rings. The summed E-state index contributed by atoms with van der Waals surface area (Å²) in [6.45, 7) is 4.25. The molecule has 0 aliphatic heterocycles. The lowest BCUT2D eigenvalue weighted by molar-refractivity contribution is -0.120. The highest BCUT2D eigenvalue weighted by Crippen LogP contribution is 2.43. The van der Waals surface area contributed by atoms with Gasteiger partial charge >= 0.3 is 0 Å². The number of thiazole rings is 1. The number of aromatic nitrogens is 1. The van der Waals surface area contributed by atoms with Crippen LogP contribution >= 0.6 is 22.7 Å². The predicted octanol–water partition coefficient (Wildman–Crippen LogP) is 6.16. The van der Waals surface area contributed by atoms with Crippen molar-refractivity contribution in [1.82, 2.24) is 4.98 Å². The van der Waals surface area contributed by atoms with Crippen LogP contribution in [0.3, 0.4) is 0 Å². The first-order chi connectivity index (χ1) is 12.1. The number of nitrogens with zero attached hydrogens (tertiary/aromatic N) is 1. The van der Waals surface area contributed by atoms with Crippen LogP contribution < -0.4 is 5.32 Å². The minimum atomic E-state index is 0.166. The third-order valence-corrected chi connectivity index (χ3v) is 7.28. The number of rotatable bonds is 3. The Hall–Kier alpha value is -1.72. The van der Waals surface area contributed by atoms with Crippen LogP contribution in [0.5, 0.6) is 0 Å². The van der Waals surface area contributed by atoms with E-state index in [1.54, 1.807) is 22.7 Å². The second kappa shape index (κ2) is 6.89. The van der Waals surface area contributed by atoms with Crippen molar-refractivity contribution >= 4 is 43.8 Å². The number of aryl methyl sites for hydroxylation is 1. The SMILES string of the molecule is Cc1sc(NC(=O)C2CCCCC2)c(-c2nc3ccccc3s2)c1C. The highest BCUT2D eigenvalue weighted by Gasteiger charge is 2.24. The molecule has 1 aliphatic rings. The van der Waals surface area contributed by atoms with Crippen LogP contribution in [0.25, 0.3) is 20.8 Å². The molecule has 25 heavy (non-hydrogen) atoms. The molecule has 1 amide bonds. The third-order valence-electron chi connectivity index (χ3n) is 5.11. The number of amides is 1. The lowest BCUT2D eigenvalue weighted by Gasteiger charge is -2.20. The van der Waals surface area contributed by atoms with Crippen molar-refractivity contribution in [2.75, 3.05) is 5.32 Å². The van der Waals surface area contributed by atoms with E-state index in [9.17, 15) is 4.79 Å². The van der Waals surface area contributed by atoms with Gasteiger partial charge in [0, 0.05) is 16.4 Å². The molecule has 1 aliphatic carbocycles. The topological polar surface area (TPSA) is 42.0 Å². The predicted molar refractivity (Wildman–Crippen MR) is 108 cm³/mol. The maximum absolute atomic E-state index is 12.7. The van der Waals surface area contributed by atoms with E-state index in [4.69, 9.17) is 4.98 Å². The summed E-state index contributed by atoms with van der Waals surface area (Å²) in [6, 6.07) is 8.21. The number of fused-ring (bicyclic) bond motifs is 1. The fourth-order valence-electron chi connectivity index (χ4n) is 3.53. The summed E-state index contributed by atoms with van der Waals surface area (Å²) >= 11 is 3.37. The second-order valence-electron chi connectivity index (χ2n) is 6.80. The van der Waals surface area contributed by atoms with Crippen molar-refractivity contribution in [2.45, 2.75) is 46.0 Å². The zero-order chi connectivity index (χ0) is 17.4. The molecule has 0 atom stereocenters. The maximum Gasteiger partial charge on any atom is 0.228 e. The number of hydrogen-bond donors (Lipinski definition) is 1. The van der Waals surface area contributed by atoms with E-state index in [0.717, 1.165) is 33.9 Å². The summed E-state index contributed by atoms with van der Waals surface area (Å²) in [5.41, 5.74) is 3.35. The van der Waals surface area contributed by atoms with Crippen molar-refractivity contribution in [3.63, 3.8) is 0 Å². The van der Waals surface area contributed by atoms with Gasteiger partial charge in [0.2, 0.25) is 5.91 Å². The van der Waals surface area contributed by atoms with Crippen molar-refractivity contribution in [2.24, 2.45) is 5.92 Å². The van der Waals surface area contributed by atoms with E-state index in [0.29, 0.717) is 0 Å². The van der Waals surface area contributed by atoms with Gasteiger partial charge in [-0.15, -0.1) is 22.7 Å². The Morgan fingerprint density at radius 3 is 2.64 bits per heavy atom. The van der Waals surface area contributed by atoms with Gasteiger partial charge in [-0.1, -0.05) is 31.4 Å². The largest absolute Gasteiger partial charge is 0.317 e. The van der Waals surface area contributed by atoms with Crippen LogP contribution in [0.4, 0.5) is 5.00 Å². The summed E-state index contributed by atoms with van der Waals surface area (Å²) in [5, 5.41) is 5.20. The Labute approximate surface area is 156 Å². The lowest BCUT2D eigenvalue weighted by atomic mass is 9.89. The van der Waals surface area contributed by atoms with E-state index in [-0.39, 0.29) is 11.8 Å². The highest BCUT2D eigenvalue weighted by atomic mass is 32.1. The normalized spacial score (nSPS) is 15.6. The molecule has 1 N–H and O–H groups in total. The van der Waals surface area contributed by atoms with Crippen LogP contribution in [0.1, 0.15) is 42.5 Å². The maximum atomic E-state index is 12.7. The standard InChI is InChI=1S/C20H22N2OS2/c1-12-13(2)24-20(22-18(23)14-8-4-3-5-9-14)17(12)19-21-15-10-6-7-11-16(15)25-19/h6-7,10-11,14H,3-5,8-9H2,1-2H3,(H,22,23). The minimum absolute atomic E-state index is 0.166. The van der Waals surface area contributed by atoms with Gasteiger partial charge in [-0.25, -0.2) is 4.98 Å². The fraction of sp³-hybridized carbons (Fsp3) is 0.400. The van der Waals surface area contributed by atoms with Gasteiger partial charge < -0.3 is 5.32 Å². The van der Waals surface area contributed by atoms with Crippen LogP contribution in [0, 0.1) is 19.8 Å². The number of carbonyl (C=O) groups excluding carboxylic acids is 1. The number of thiophene rings is 1. The minimum Gasteiger partial charge on any atom is -0.317 e. The quantitative estimate of drug-likeness (QED) is 0.600. The highest BCUT2D eigenvalue weighted by molar-refractivity contribution is 7.22. The zero-order valence-electron chi connectivity index (χ0n) is 14.6. The van der Waals surface area contributed by atoms with Gasteiger partial charge in [-0.3, -0.25) is 4.79 Å². The summed E-state index contributed by atoms with van der Waals surface area (Å²) in [7, 11) is 0. The van der Waals surface area contributed by atoms with E-state index < -0.39 is 0 Å². The average molecular weight is 371 g/mol. The summed E-state index contributed by atoms with van der Waals surface area (Å²) < 4.78 is 1.19. The smallest absolute Gasteiger partial charge is 0.228 e. The van der Waals surface area contributed by atoms with Gasteiger partial charge in [0.05, 0.1) is 10.2 Å². The molecule has 2 heterocycles. The number of benzene rings is 1. The van der Waals surface area contributed by atoms with Crippen LogP contribution in [0.2, 0.25) is 0 Å². The van der Waals surface area contributed by atoms with Crippen molar-refractivity contribution in [1.29, 1.82) is 0 Å². The summed E-state index contributed by atoms with van der Waals surface area (Å²) in [5.74, 6) is 0.350. The lowest BCUT2D eigenvalue weighted by Crippen LogP contribution is -2.24. The molecular weight excluding hydrogens is 348 g/mol. The Morgan fingerprint density at radius 1 is 1.12 bits per heavy atom. The first-order valence-electron chi connectivity index (χ1n) is 8.90. The third kappa shape index (κ3) is 3.23. The van der Waals surface area contributed by atoms with E-state index in [1.807, 2.05) is 18.2 Å². The fourth-order valence-corrected chi connectivity index (χ4v) is 5.73. The van der Waals surface area contributed by atoms with Crippen LogP contribution in [0.15, 0.2) is 24.3 Å². The van der Waals surface area contributed by atoms with Gasteiger partial charge in [-0.2, -0.15) is 0 Å². The molecule has 1 saturated carbocycles. The number of para-hydroxylation sites is 1. The number of hydrogen-bond acceptors (Lipinski definition) is 4. The summed E-state index contributed by atoms with van der Waals surface area (Å²) in [6.07, 6.45) is 5.64.